The van der Waals surface area contributed by atoms with Gasteiger partial charge in [-0.15, -0.1) is 0 Å². The molecule has 4 nitrogen and oxygen atoms in total. The molecule has 7 rings (SSSR count). The number of benzene rings is 4. The van der Waals surface area contributed by atoms with E-state index in [2.05, 4.69) is 43.0 Å². The minimum atomic E-state index is -0.659. The first-order chi connectivity index (χ1) is 22.5. The summed E-state index contributed by atoms with van der Waals surface area (Å²) in [5, 5.41) is 13.7. The lowest BCUT2D eigenvalue weighted by Crippen LogP contribution is -2.21. The van der Waals surface area contributed by atoms with Crippen molar-refractivity contribution in [2.24, 2.45) is 0 Å². The third-order valence-electron chi connectivity index (χ3n) is 8.80. The molecule has 6 aromatic rings. The van der Waals surface area contributed by atoms with Crippen LogP contribution in [0.4, 0.5) is 0 Å². The van der Waals surface area contributed by atoms with Gasteiger partial charge in [-0.05, 0) is 71.3 Å². The quantitative estimate of drug-likeness (QED) is 0.186. The maximum Gasteiger partial charge on any atom is 0.264 e. The molecule has 0 saturated carbocycles. The second kappa shape index (κ2) is 12.3. The van der Waals surface area contributed by atoms with Gasteiger partial charge in [0, 0.05) is 27.1 Å². The van der Waals surface area contributed by atoms with Gasteiger partial charge >= 0.3 is 0 Å². The highest BCUT2D eigenvalue weighted by Gasteiger charge is 2.32. The summed E-state index contributed by atoms with van der Waals surface area (Å²) in [7, 11) is 0. The van der Waals surface area contributed by atoms with Gasteiger partial charge in [-0.1, -0.05) is 124 Å². The van der Waals surface area contributed by atoms with Crippen molar-refractivity contribution in [1.82, 2.24) is 9.38 Å². The van der Waals surface area contributed by atoms with Crippen molar-refractivity contribution >= 4 is 44.9 Å². The lowest BCUT2D eigenvalue weighted by molar-refractivity contribution is 0.735. The molecule has 1 aliphatic carbocycles. The van der Waals surface area contributed by atoms with Crippen LogP contribution in [0.15, 0.2) is 132 Å². The van der Waals surface area contributed by atoms with Gasteiger partial charge in [0.05, 0.1) is 17.5 Å². The second-order valence-electron chi connectivity index (χ2n) is 11.2. The molecule has 1 unspecified atom stereocenters. The first-order valence-electron chi connectivity index (χ1n) is 15.7. The molecule has 1 aliphatic rings. The van der Waals surface area contributed by atoms with E-state index in [9.17, 15) is 10.1 Å². The monoisotopic (exact) mass is 597 g/mol. The minimum Gasteiger partial charge on any atom is -0.268 e. The van der Waals surface area contributed by atoms with E-state index in [-0.39, 0.29) is 5.56 Å². The standard InChI is InChI=1S/C40H29N3O.C2H6/c1-4-6-13-26(5-2)30-18-20-32-37-33(21-19-31(36(30)37)27-14-9-7-10-15-27)39(44)43-35-24-29(25-41)40(3,28-16-11-8-12-17-28)23-22-34(35)42-38(32)43;1-2/h4-24H,1H2,2-3H3;1-2H3/b13-6-,26-5+;. The van der Waals surface area contributed by atoms with E-state index < -0.39 is 5.41 Å². The normalized spacial score (nSPS) is 16.2. The first-order valence-corrected chi connectivity index (χ1v) is 15.7. The van der Waals surface area contributed by atoms with E-state index >= 15 is 0 Å². The first kappa shape index (κ1) is 30.2. The van der Waals surface area contributed by atoms with Gasteiger partial charge < -0.3 is 0 Å². The zero-order valence-corrected chi connectivity index (χ0v) is 26.6. The van der Waals surface area contributed by atoms with Gasteiger partial charge in [-0.3, -0.25) is 9.20 Å². The number of hydrogen-bond acceptors (Lipinski definition) is 3. The number of imidazole rings is 1. The summed E-state index contributed by atoms with van der Waals surface area (Å²) in [4.78, 5) is 19.5. The van der Waals surface area contributed by atoms with Crippen LogP contribution in [-0.4, -0.2) is 9.38 Å². The third-order valence-corrected chi connectivity index (χ3v) is 8.80. The summed E-state index contributed by atoms with van der Waals surface area (Å²) in [5.74, 6) is 0. The van der Waals surface area contributed by atoms with Gasteiger partial charge in [0.15, 0.2) is 0 Å². The summed E-state index contributed by atoms with van der Waals surface area (Å²) < 4.78 is 1.68. The molecule has 4 aromatic carbocycles. The molecular formula is C42H35N3O. The van der Waals surface area contributed by atoms with Crippen molar-refractivity contribution in [3.63, 3.8) is 0 Å². The molecule has 0 aliphatic heterocycles. The highest BCUT2D eigenvalue weighted by Crippen LogP contribution is 2.42. The molecule has 224 valence electrons. The number of fused-ring (bicyclic) bond motifs is 4. The Hall–Kier alpha value is -5.79. The van der Waals surface area contributed by atoms with Crippen LogP contribution in [0.25, 0.3) is 56.0 Å². The summed E-state index contributed by atoms with van der Waals surface area (Å²) in [6, 6.07) is 30.8. The summed E-state index contributed by atoms with van der Waals surface area (Å²) in [5.41, 5.74) is 6.79. The maximum absolute atomic E-state index is 14.5. The average Bonchev–Trinajstić information content (AvgIpc) is 3.41. The zero-order valence-electron chi connectivity index (χ0n) is 26.6. The van der Waals surface area contributed by atoms with Crippen LogP contribution in [-0.2, 0) is 5.41 Å². The molecule has 4 heteroatoms. The number of nitrogens with zero attached hydrogens (tertiary/aromatic N) is 3. The van der Waals surface area contributed by atoms with Crippen LogP contribution in [0.2, 0.25) is 0 Å². The summed E-state index contributed by atoms with van der Waals surface area (Å²) in [6.07, 6.45) is 13.6. The van der Waals surface area contributed by atoms with Crippen LogP contribution in [0.1, 0.15) is 50.2 Å². The molecule has 46 heavy (non-hydrogen) atoms. The molecule has 2 heterocycles. The number of pyridine rings is 1. The fourth-order valence-corrected chi connectivity index (χ4v) is 6.50. The summed E-state index contributed by atoms with van der Waals surface area (Å²) in [6.45, 7) is 11.9. The number of hydrogen-bond donors (Lipinski definition) is 0. The van der Waals surface area contributed by atoms with Gasteiger partial charge in [0.1, 0.15) is 5.65 Å². The Bertz CT molecular complexity index is 2330. The predicted octanol–water partition coefficient (Wildman–Crippen LogP) is 10.2. The Kier molecular flexibility index (Phi) is 8.09. The fourth-order valence-electron chi connectivity index (χ4n) is 6.50. The van der Waals surface area contributed by atoms with Crippen molar-refractivity contribution in [3.8, 4) is 17.2 Å². The molecule has 0 spiro atoms. The molecule has 0 saturated heterocycles. The van der Waals surface area contributed by atoms with Gasteiger partial charge in [-0.2, -0.15) is 5.26 Å². The maximum atomic E-state index is 14.5. The molecule has 0 bridgehead atoms. The van der Waals surface area contributed by atoms with E-state index in [0.29, 0.717) is 28.0 Å². The SMILES string of the molecule is C=C/C=C\C(=C/C)c1ccc2c3c1c(-c1ccccc1)ccc3c(=O)n1c3c(nc21)C=CC(C)(c1ccccc1)C(C#N)=C3.CC. The average molecular weight is 598 g/mol. The number of nitriles is 1. The molecular weight excluding hydrogens is 562 g/mol. The smallest absolute Gasteiger partial charge is 0.264 e. The van der Waals surface area contributed by atoms with Crippen molar-refractivity contribution in [3.05, 3.63) is 160 Å². The molecule has 0 fully saturated rings. The fraction of sp³-hybridized carbons (Fsp3) is 0.119. The number of rotatable bonds is 5. The third kappa shape index (κ3) is 4.69. The van der Waals surface area contributed by atoms with E-state index in [1.54, 1.807) is 10.5 Å². The lowest BCUT2D eigenvalue weighted by Gasteiger charge is -2.25. The Labute approximate surface area is 269 Å². The second-order valence-corrected chi connectivity index (χ2v) is 11.2. The minimum absolute atomic E-state index is 0.156. The topological polar surface area (TPSA) is 58.2 Å². The van der Waals surface area contributed by atoms with E-state index in [0.717, 1.165) is 44.0 Å². The van der Waals surface area contributed by atoms with Gasteiger partial charge in [0.2, 0.25) is 0 Å². The van der Waals surface area contributed by atoms with Gasteiger partial charge in [0.25, 0.3) is 5.56 Å². The van der Waals surface area contributed by atoms with E-state index in [1.807, 2.05) is 119 Å². The Morgan fingerprint density at radius 2 is 1.63 bits per heavy atom. The molecule has 2 aromatic heterocycles. The molecule has 0 amide bonds. The lowest BCUT2D eigenvalue weighted by atomic mass is 9.76. The van der Waals surface area contributed by atoms with Crippen LogP contribution in [0, 0.1) is 11.3 Å². The Morgan fingerprint density at radius 1 is 0.935 bits per heavy atom. The predicted molar refractivity (Wildman–Crippen MR) is 194 cm³/mol. The zero-order chi connectivity index (χ0) is 32.4. The summed E-state index contributed by atoms with van der Waals surface area (Å²) >= 11 is 0. The van der Waals surface area contributed by atoms with Crippen LogP contribution in [0.3, 0.4) is 0 Å². The van der Waals surface area contributed by atoms with Gasteiger partial charge in [-0.25, -0.2) is 4.98 Å². The van der Waals surface area contributed by atoms with E-state index in [1.165, 1.54) is 0 Å². The highest BCUT2D eigenvalue weighted by molar-refractivity contribution is 6.21. The van der Waals surface area contributed by atoms with Crippen LogP contribution in [0.5, 0.6) is 0 Å². The molecule has 0 radical (unpaired) electrons. The van der Waals surface area contributed by atoms with Crippen molar-refractivity contribution in [1.29, 1.82) is 5.26 Å². The van der Waals surface area contributed by atoms with Crippen molar-refractivity contribution in [2.75, 3.05) is 0 Å². The Balaban J connectivity index is 0.00000182. The largest absolute Gasteiger partial charge is 0.268 e. The number of allylic oxidation sites excluding steroid dienone is 7. The number of aromatic nitrogens is 2. The highest BCUT2D eigenvalue weighted by atomic mass is 16.1. The Morgan fingerprint density at radius 3 is 2.30 bits per heavy atom. The van der Waals surface area contributed by atoms with Crippen LogP contribution >= 0.6 is 0 Å². The van der Waals surface area contributed by atoms with Crippen molar-refractivity contribution < 1.29 is 0 Å². The molecule has 1 atom stereocenters. The van der Waals surface area contributed by atoms with Crippen molar-refractivity contribution in [2.45, 2.75) is 33.1 Å². The van der Waals surface area contributed by atoms with Crippen LogP contribution < -0.4 is 5.56 Å². The van der Waals surface area contributed by atoms with E-state index in [4.69, 9.17) is 4.98 Å². The molecule has 0 N–H and O–H groups in total.